The van der Waals surface area contributed by atoms with E-state index in [1.54, 1.807) is 36.1 Å². The number of hydrogen-bond acceptors (Lipinski definition) is 5. The van der Waals surface area contributed by atoms with Crippen molar-refractivity contribution in [2.24, 2.45) is 0 Å². The summed E-state index contributed by atoms with van der Waals surface area (Å²) in [6, 6.07) is 7.36. The van der Waals surface area contributed by atoms with Crippen LogP contribution in [0.2, 0.25) is 0 Å². The van der Waals surface area contributed by atoms with Crippen LogP contribution in [0.4, 0.5) is 13.2 Å². The zero-order chi connectivity index (χ0) is 19.0. The van der Waals surface area contributed by atoms with E-state index >= 15 is 0 Å². The van der Waals surface area contributed by atoms with Gasteiger partial charge >= 0.3 is 6.61 Å². The molecule has 0 N–H and O–H groups in total. The van der Waals surface area contributed by atoms with Crippen molar-refractivity contribution in [3.63, 3.8) is 0 Å². The van der Waals surface area contributed by atoms with Crippen LogP contribution in [-0.4, -0.2) is 26.5 Å². The standard InChI is InChI=1S/C18H13F3N4O2/c1-10-4-13(24-27-10)9-25-16-5-12(7-22-15(16)8-23-25)11-2-3-14(19)17(6-11)26-18(20)21/h2-8,18H,9H2,1H3. The molecule has 27 heavy (non-hydrogen) atoms. The average Bonchev–Trinajstić information content (AvgIpc) is 3.23. The molecule has 3 aromatic heterocycles. The van der Waals surface area contributed by atoms with Crippen LogP contribution >= 0.6 is 0 Å². The average molecular weight is 374 g/mol. The van der Waals surface area contributed by atoms with Crippen LogP contribution in [0.1, 0.15) is 11.5 Å². The zero-order valence-electron chi connectivity index (χ0n) is 14.1. The molecule has 4 rings (SSSR count). The first-order valence-electron chi connectivity index (χ1n) is 7.98. The van der Waals surface area contributed by atoms with Gasteiger partial charge in [-0.1, -0.05) is 11.2 Å². The van der Waals surface area contributed by atoms with Crippen molar-refractivity contribution in [3.8, 4) is 16.9 Å². The SMILES string of the molecule is Cc1cc(Cn2ncc3ncc(-c4ccc(F)c(OC(F)F)c4)cc32)no1. The number of nitrogens with zero attached hydrogens (tertiary/aromatic N) is 4. The van der Waals surface area contributed by atoms with Gasteiger partial charge in [0.2, 0.25) is 0 Å². The summed E-state index contributed by atoms with van der Waals surface area (Å²) >= 11 is 0. The number of aryl methyl sites for hydroxylation is 1. The van der Waals surface area contributed by atoms with Crippen LogP contribution in [0.5, 0.6) is 5.75 Å². The fourth-order valence-corrected chi connectivity index (χ4v) is 2.76. The van der Waals surface area contributed by atoms with Crippen molar-refractivity contribution in [1.29, 1.82) is 0 Å². The molecule has 0 saturated heterocycles. The minimum absolute atomic E-state index is 0.384. The number of hydrogen-bond donors (Lipinski definition) is 0. The summed E-state index contributed by atoms with van der Waals surface area (Å²) in [6.45, 7) is -0.928. The van der Waals surface area contributed by atoms with Gasteiger partial charge in [-0.2, -0.15) is 13.9 Å². The first-order chi connectivity index (χ1) is 13.0. The fraction of sp³-hybridized carbons (Fsp3) is 0.167. The largest absolute Gasteiger partial charge is 0.432 e. The van der Waals surface area contributed by atoms with Gasteiger partial charge in [-0.3, -0.25) is 9.67 Å². The van der Waals surface area contributed by atoms with Gasteiger partial charge in [0.05, 0.1) is 18.3 Å². The van der Waals surface area contributed by atoms with E-state index in [0.29, 0.717) is 40.2 Å². The summed E-state index contributed by atoms with van der Waals surface area (Å²) < 4.78 is 49.5. The Morgan fingerprint density at radius 1 is 1.15 bits per heavy atom. The number of ether oxygens (including phenoxy) is 1. The minimum Gasteiger partial charge on any atom is -0.432 e. The lowest BCUT2D eigenvalue weighted by molar-refractivity contribution is -0.0521. The van der Waals surface area contributed by atoms with Gasteiger partial charge in [-0.05, 0) is 30.7 Å². The molecule has 1 aromatic carbocycles. The topological polar surface area (TPSA) is 66.0 Å². The van der Waals surface area contributed by atoms with Gasteiger partial charge in [0, 0.05) is 17.8 Å². The predicted molar refractivity (Wildman–Crippen MR) is 89.9 cm³/mol. The lowest BCUT2D eigenvalue weighted by Crippen LogP contribution is -2.04. The third-order valence-corrected chi connectivity index (χ3v) is 3.96. The van der Waals surface area contributed by atoms with Crippen LogP contribution in [0, 0.1) is 12.7 Å². The highest BCUT2D eigenvalue weighted by atomic mass is 19.3. The molecule has 0 fully saturated rings. The maximum atomic E-state index is 13.7. The third-order valence-electron chi connectivity index (χ3n) is 3.96. The fourth-order valence-electron chi connectivity index (χ4n) is 2.76. The van der Waals surface area contributed by atoms with Gasteiger partial charge in [0.25, 0.3) is 0 Å². The smallest absolute Gasteiger partial charge is 0.387 e. The Kier molecular flexibility index (Phi) is 4.27. The second-order valence-corrected chi connectivity index (χ2v) is 5.88. The second-order valence-electron chi connectivity index (χ2n) is 5.88. The van der Waals surface area contributed by atoms with E-state index < -0.39 is 18.2 Å². The zero-order valence-corrected chi connectivity index (χ0v) is 14.1. The number of pyridine rings is 1. The number of aromatic nitrogens is 4. The summed E-state index contributed by atoms with van der Waals surface area (Å²) in [6.07, 6.45) is 3.18. The van der Waals surface area contributed by atoms with E-state index in [2.05, 4.69) is 20.0 Å². The van der Waals surface area contributed by atoms with Crippen molar-refractivity contribution in [2.75, 3.05) is 0 Å². The summed E-state index contributed by atoms with van der Waals surface area (Å²) in [7, 11) is 0. The molecule has 0 aliphatic heterocycles. The minimum atomic E-state index is -3.11. The van der Waals surface area contributed by atoms with E-state index in [1.165, 1.54) is 12.1 Å². The van der Waals surface area contributed by atoms with E-state index in [-0.39, 0.29) is 0 Å². The third kappa shape index (κ3) is 3.48. The van der Waals surface area contributed by atoms with Crippen LogP contribution in [-0.2, 0) is 6.54 Å². The van der Waals surface area contributed by atoms with Crippen molar-refractivity contribution in [2.45, 2.75) is 20.1 Å². The molecule has 0 aliphatic carbocycles. The molecule has 0 aliphatic rings. The first-order valence-corrected chi connectivity index (χ1v) is 7.98. The van der Waals surface area contributed by atoms with Crippen LogP contribution in [0.15, 0.2) is 47.2 Å². The Labute approximate surface area is 151 Å². The molecule has 138 valence electrons. The molecule has 0 bridgehead atoms. The molecule has 0 unspecified atom stereocenters. The highest BCUT2D eigenvalue weighted by molar-refractivity contribution is 5.80. The van der Waals surface area contributed by atoms with E-state index in [0.717, 1.165) is 6.07 Å². The van der Waals surface area contributed by atoms with Crippen molar-refractivity contribution < 1.29 is 22.4 Å². The Balaban J connectivity index is 1.72. The van der Waals surface area contributed by atoms with E-state index in [1.807, 2.05) is 0 Å². The van der Waals surface area contributed by atoms with Crippen molar-refractivity contribution in [3.05, 3.63) is 60.0 Å². The lowest BCUT2D eigenvalue weighted by Gasteiger charge is -2.09. The molecule has 6 nitrogen and oxygen atoms in total. The molecule has 0 radical (unpaired) electrons. The molecule has 0 spiro atoms. The Morgan fingerprint density at radius 2 is 2.00 bits per heavy atom. The number of fused-ring (bicyclic) bond motifs is 1. The molecule has 0 saturated carbocycles. The second kappa shape index (κ2) is 6.75. The summed E-state index contributed by atoms with van der Waals surface area (Å²) in [5.74, 6) is -0.688. The van der Waals surface area contributed by atoms with E-state index in [4.69, 9.17) is 4.52 Å². The predicted octanol–water partition coefficient (Wildman–Crippen LogP) is 4.18. The monoisotopic (exact) mass is 374 g/mol. The summed E-state index contributed by atoms with van der Waals surface area (Å²) in [5.41, 5.74) is 3.18. The number of benzene rings is 1. The van der Waals surface area contributed by atoms with Gasteiger partial charge < -0.3 is 9.26 Å². The van der Waals surface area contributed by atoms with E-state index in [9.17, 15) is 13.2 Å². The highest BCUT2D eigenvalue weighted by Crippen LogP contribution is 2.29. The van der Waals surface area contributed by atoms with Gasteiger partial charge in [0.15, 0.2) is 11.6 Å². The summed E-state index contributed by atoms with van der Waals surface area (Å²) in [5, 5.41) is 8.24. The number of rotatable bonds is 5. The van der Waals surface area contributed by atoms with Crippen molar-refractivity contribution >= 4 is 11.0 Å². The molecule has 3 heterocycles. The molecule has 0 atom stereocenters. The van der Waals surface area contributed by atoms with Crippen molar-refractivity contribution in [1.82, 2.24) is 19.9 Å². The first kappa shape index (κ1) is 17.1. The van der Waals surface area contributed by atoms with Gasteiger partial charge in [0.1, 0.15) is 17.0 Å². The lowest BCUT2D eigenvalue weighted by atomic mass is 10.1. The van der Waals surface area contributed by atoms with Gasteiger partial charge in [-0.15, -0.1) is 0 Å². The quantitative estimate of drug-likeness (QED) is 0.524. The molecule has 9 heteroatoms. The van der Waals surface area contributed by atoms with Crippen LogP contribution < -0.4 is 4.74 Å². The maximum Gasteiger partial charge on any atom is 0.387 e. The highest BCUT2D eigenvalue weighted by Gasteiger charge is 2.13. The molecule has 4 aromatic rings. The maximum absolute atomic E-state index is 13.7. The molecular formula is C18H13F3N4O2. The number of halogens is 3. The Morgan fingerprint density at radius 3 is 2.74 bits per heavy atom. The van der Waals surface area contributed by atoms with Crippen LogP contribution in [0.3, 0.4) is 0 Å². The summed E-state index contributed by atoms with van der Waals surface area (Å²) in [4.78, 5) is 4.33. The molecular weight excluding hydrogens is 361 g/mol. The van der Waals surface area contributed by atoms with Gasteiger partial charge in [-0.25, -0.2) is 4.39 Å². The normalized spacial score (nSPS) is 11.4. The molecule has 0 amide bonds. The number of alkyl halides is 2. The Hall–Kier alpha value is -3.36. The Bertz CT molecular complexity index is 1110. The van der Waals surface area contributed by atoms with Crippen LogP contribution in [0.25, 0.3) is 22.2 Å².